The lowest BCUT2D eigenvalue weighted by molar-refractivity contribution is -0.133. The normalized spacial score (nSPS) is 19.9. The van der Waals surface area contributed by atoms with Crippen LogP contribution in [0.4, 0.5) is 0 Å². The summed E-state index contributed by atoms with van der Waals surface area (Å²) in [4.78, 5) is 26.1. The predicted octanol–water partition coefficient (Wildman–Crippen LogP) is 2.23. The van der Waals surface area contributed by atoms with Gasteiger partial charge in [0, 0.05) is 13.1 Å². The molecule has 1 aromatic carbocycles. The third-order valence-corrected chi connectivity index (χ3v) is 4.54. The van der Waals surface area contributed by atoms with Crippen LogP contribution in [-0.4, -0.2) is 36.9 Å². The molecule has 0 aromatic heterocycles. The molecule has 6 nitrogen and oxygen atoms in total. The van der Waals surface area contributed by atoms with Crippen molar-refractivity contribution in [2.24, 2.45) is 5.92 Å². The summed E-state index contributed by atoms with van der Waals surface area (Å²) in [6.07, 6.45) is 5.14. The number of methoxy groups -OCH3 is 1. The molecule has 0 spiro atoms. The van der Waals surface area contributed by atoms with Gasteiger partial charge in [-0.05, 0) is 31.4 Å². The number of carbonyl (C=O) groups excluding carboxylic acids is 2. The fraction of sp³-hybridized carbons (Fsp3) is 0.500. The van der Waals surface area contributed by atoms with Crippen LogP contribution in [0, 0.1) is 24.3 Å². The monoisotopic (exact) mass is 329 g/mol. The number of aryl methyl sites for hydroxylation is 1. The first kappa shape index (κ1) is 17.8. The molecule has 2 amide bonds. The smallest absolute Gasteiger partial charge is 0.255 e. The largest absolute Gasteiger partial charge is 0.496 e. The molecule has 0 unspecified atom stereocenters. The summed E-state index contributed by atoms with van der Waals surface area (Å²) in [7, 11) is 2.99. The minimum Gasteiger partial charge on any atom is -0.496 e. The molecule has 1 aliphatic rings. The van der Waals surface area contributed by atoms with E-state index in [4.69, 9.17) is 10.00 Å². The molecule has 128 valence electrons. The van der Waals surface area contributed by atoms with Gasteiger partial charge in [-0.2, -0.15) is 5.26 Å². The van der Waals surface area contributed by atoms with E-state index >= 15 is 0 Å². The maximum Gasteiger partial charge on any atom is 0.255 e. The molecule has 24 heavy (non-hydrogen) atoms. The Bertz CT molecular complexity index is 666. The van der Waals surface area contributed by atoms with Crippen LogP contribution in [0.15, 0.2) is 18.2 Å². The topological polar surface area (TPSA) is 82.4 Å². The van der Waals surface area contributed by atoms with E-state index in [-0.39, 0.29) is 23.8 Å². The Labute approximate surface area is 142 Å². The highest BCUT2D eigenvalue weighted by Crippen LogP contribution is 2.28. The fourth-order valence-corrected chi connectivity index (χ4v) is 3.25. The van der Waals surface area contributed by atoms with Gasteiger partial charge >= 0.3 is 0 Å². The van der Waals surface area contributed by atoms with Gasteiger partial charge in [0.15, 0.2) is 6.19 Å². The van der Waals surface area contributed by atoms with Gasteiger partial charge in [0.1, 0.15) is 5.75 Å². The van der Waals surface area contributed by atoms with Gasteiger partial charge in [-0.1, -0.05) is 25.0 Å². The van der Waals surface area contributed by atoms with Crippen LogP contribution in [0.25, 0.3) is 0 Å². The van der Waals surface area contributed by atoms with Gasteiger partial charge < -0.3 is 10.1 Å². The molecular formula is C18H23N3O3. The zero-order chi connectivity index (χ0) is 17.7. The second-order valence-electron chi connectivity index (χ2n) is 6.12. The summed E-state index contributed by atoms with van der Waals surface area (Å²) in [5.41, 5.74) is 1.34. The molecule has 1 saturated carbocycles. The third-order valence-electron chi connectivity index (χ3n) is 4.54. The lowest BCUT2D eigenvalue weighted by Gasteiger charge is -2.32. The van der Waals surface area contributed by atoms with E-state index in [0.29, 0.717) is 17.7 Å². The number of carbonyl (C=O) groups is 2. The van der Waals surface area contributed by atoms with Crippen molar-refractivity contribution in [3.63, 3.8) is 0 Å². The van der Waals surface area contributed by atoms with E-state index < -0.39 is 0 Å². The molecule has 1 N–H and O–H groups in total. The average Bonchev–Trinajstić information content (AvgIpc) is 2.60. The van der Waals surface area contributed by atoms with Gasteiger partial charge in [-0.3, -0.25) is 14.5 Å². The Hall–Kier alpha value is -2.55. The highest BCUT2D eigenvalue weighted by atomic mass is 16.5. The van der Waals surface area contributed by atoms with Crippen LogP contribution in [-0.2, 0) is 4.79 Å². The van der Waals surface area contributed by atoms with Gasteiger partial charge in [0.2, 0.25) is 5.91 Å². The molecule has 1 fully saturated rings. The second kappa shape index (κ2) is 7.82. The van der Waals surface area contributed by atoms with Crippen LogP contribution in [0.3, 0.4) is 0 Å². The summed E-state index contributed by atoms with van der Waals surface area (Å²) >= 11 is 0. The Morgan fingerprint density at radius 1 is 1.33 bits per heavy atom. The fourth-order valence-electron chi connectivity index (χ4n) is 3.25. The minimum atomic E-state index is -0.358. The molecule has 0 aliphatic heterocycles. The molecule has 1 aromatic rings. The number of ether oxygens (including phenoxy) is 1. The SMILES string of the molecule is COc1c(C)cccc1C(=O)N[C@@H]1CCCC[C@H]1C(=O)N(C)C#N. The van der Waals surface area contributed by atoms with Gasteiger partial charge in [0.05, 0.1) is 18.6 Å². The highest BCUT2D eigenvalue weighted by Gasteiger charge is 2.34. The van der Waals surface area contributed by atoms with E-state index in [1.54, 1.807) is 12.1 Å². The maximum atomic E-state index is 12.7. The molecule has 0 heterocycles. The van der Waals surface area contributed by atoms with Crippen LogP contribution in [0.5, 0.6) is 5.75 Å². The number of rotatable bonds is 4. The van der Waals surface area contributed by atoms with Crippen LogP contribution < -0.4 is 10.1 Å². The minimum absolute atomic E-state index is 0.237. The van der Waals surface area contributed by atoms with Crippen molar-refractivity contribution < 1.29 is 14.3 Å². The quantitative estimate of drug-likeness (QED) is 0.678. The number of nitrogens with one attached hydrogen (secondary N) is 1. The van der Waals surface area contributed by atoms with Crippen molar-refractivity contribution in [2.45, 2.75) is 38.6 Å². The summed E-state index contributed by atoms with van der Waals surface area (Å²) in [6, 6.07) is 5.13. The Morgan fingerprint density at radius 3 is 2.71 bits per heavy atom. The van der Waals surface area contributed by atoms with E-state index in [1.807, 2.05) is 19.2 Å². The van der Waals surface area contributed by atoms with Crippen LogP contribution in [0.1, 0.15) is 41.6 Å². The Balaban J connectivity index is 2.19. The van der Waals surface area contributed by atoms with Crippen molar-refractivity contribution in [3.8, 4) is 11.9 Å². The first-order chi connectivity index (χ1) is 11.5. The van der Waals surface area contributed by atoms with Crippen molar-refractivity contribution in [1.29, 1.82) is 5.26 Å². The number of hydrogen-bond acceptors (Lipinski definition) is 4. The summed E-state index contributed by atoms with van der Waals surface area (Å²) in [5.74, 6) is -0.301. The Kier molecular flexibility index (Phi) is 5.80. The van der Waals surface area contributed by atoms with Crippen molar-refractivity contribution in [1.82, 2.24) is 10.2 Å². The zero-order valence-electron chi connectivity index (χ0n) is 14.3. The number of nitrogens with zero attached hydrogens (tertiary/aromatic N) is 2. The van der Waals surface area contributed by atoms with E-state index in [2.05, 4.69) is 5.32 Å². The third kappa shape index (κ3) is 3.67. The zero-order valence-corrected chi connectivity index (χ0v) is 14.3. The molecule has 0 bridgehead atoms. The highest BCUT2D eigenvalue weighted by molar-refractivity contribution is 5.98. The molecule has 2 atom stereocenters. The van der Waals surface area contributed by atoms with Crippen molar-refractivity contribution in [3.05, 3.63) is 29.3 Å². The molecule has 0 saturated heterocycles. The molecule has 1 aliphatic carbocycles. The lowest BCUT2D eigenvalue weighted by atomic mass is 9.83. The number of hydrogen-bond donors (Lipinski definition) is 1. The summed E-state index contributed by atoms with van der Waals surface area (Å²) < 4.78 is 5.34. The van der Waals surface area contributed by atoms with E-state index in [9.17, 15) is 9.59 Å². The van der Waals surface area contributed by atoms with Gasteiger partial charge in [-0.25, -0.2) is 0 Å². The van der Waals surface area contributed by atoms with Gasteiger partial charge in [0.25, 0.3) is 5.91 Å². The first-order valence-electron chi connectivity index (χ1n) is 8.11. The standard InChI is InChI=1S/C18H23N3O3/c1-12-7-6-9-14(16(12)24-3)17(22)20-15-10-5-4-8-13(15)18(23)21(2)11-19/h6-7,9,13,15H,4-5,8,10H2,1-3H3,(H,20,22)/t13-,15-/m1/s1. The van der Waals surface area contributed by atoms with Crippen molar-refractivity contribution >= 4 is 11.8 Å². The van der Waals surface area contributed by atoms with Crippen LogP contribution >= 0.6 is 0 Å². The molecule has 6 heteroatoms. The number of amides is 2. The number of benzene rings is 1. The van der Waals surface area contributed by atoms with E-state index in [0.717, 1.165) is 29.7 Å². The molecule has 0 radical (unpaired) electrons. The summed E-state index contributed by atoms with van der Waals surface area (Å²) in [5, 5.41) is 11.9. The molecular weight excluding hydrogens is 306 g/mol. The number of nitriles is 1. The van der Waals surface area contributed by atoms with Crippen LogP contribution in [0.2, 0.25) is 0 Å². The van der Waals surface area contributed by atoms with Crippen molar-refractivity contribution in [2.75, 3.05) is 14.2 Å². The van der Waals surface area contributed by atoms with E-state index in [1.165, 1.54) is 14.2 Å². The average molecular weight is 329 g/mol. The predicted molar refractivity (Wildman–Crippen MR) is 89.3 cm³/mol. The summed E-state index contributed by atoms with van der Waals surface area (Å²) in [6.45, 7) is 1.88. The van der Waals surface area contributed by atoms with Gasteiger partial charge in [-0.15, -0.1) is 0 Å². The first-order valence-corrected chi connectivity index (χ1v) is 8.11. The molecule has 2 rings (SSSR count). The second-order valence-corrected chi connectivity index (χ2v) is 6.12. The Morgan fingerprint density at radius 2 is 2.04 bits per heavy atom. The lowest BCUT2D eigenvalue weighted by Crippen LogP contribution is -2.48. The maximum absolute atomic E-state index is 12.7. The number of para-hydroxylation sites is 1.